The lowest BCUT2D eigenvalue weighted by Crippen LogP contribution is -2.36. The van der Waals surface area contributed by atoms with E-state index in [9.17, 15) is 0 Å². The van der Waals surface area contributed by atoms with Crippen molar-refractivity contribution in [3.05, 3.63) is 29.8 Å². The molecule has 18 heavy (non-hydrogen) atoms. The summed E-state index contributed by atoms with van der Waals surface area (Å²) in [5, 5.41) is 3.44. The van der Waals surface area contributed by atoms with Crippen LogP contribution in [-0.2, 0) is 0 Å². The van der Waals surface area contributed by atoms with Gasteiger partial charge in [0.15, 0.2) is 0 Å². The summed E-state index contributed by atoms with van der Waals surface area (Å²) in [5.74, 6) is 0.929. The van der Waals surface area contributed by atoms with Crippen LogP contribution in [0.15, 0.2) is 24.3 Å². The summed E-state index contributed by atoms with van der Waals surface area (Å²) < 4.78 is 5.22. The highest BCUT2D eigenvalue weighted by atomic mass is 16.5. The number of methoxy groups -OCH3 is 1. The molecule has 3 heteroatoms. The second-order valence-corrected chi connectivity index (χ2v) is 5.01. The molecule has 3 nitrogen and oxygen atoms in total. The van der Waals surface area contributed by atoms with Crippen LogP contribution in [0.25, 0.3) is 0 Å². The van der Waals surface area contributed by atoms with Crippen molar-refractivity contribution < 1.29 is 4.74 Å². The van der Waals surface area contributed by atoms with Gasteiger partial charge in [0.25, 0.3) is 0 Å². The molecule has 1 heterocycles. The van der Waals surface area contributed by atoms with Crippen LogP contribution in [0.1, 0.15) is 31.4 Å². The van der Waals surface area contributed by atoms with Gasteiger partial charge in [-0.05, 0) is 44.1 Å². The predicted molar refractivity (Wildman–Crippen MR) is 75.1 cm³/mol. The topological polar surface area (TPSA) is 24.5 Å². The standard InChI is InChI=1S/C15H24N2O/c1-4-15(17(2)13-9-10-16-11-13)12-5-7-14(18-3)8-6-12/h5-8,13,15-16H,4,9-11H2,1-3H3. The molecule has 1 N–H and O–H groups in total. The van der Waals surface area contributed by atoms with E-state index in [1.807, 2.05) is 0 Å². The van der Waals surface area contributed by atoms with E-state index in [0.717, 1.165) is 25.3 Å². The highest BCUT2D eigenvalue weighted by molar-refractivity contribution is 5.29. The van der Waals surface area contributed by atoms with E-state index < -0.39 is 0 Å². The summed E-state index contributed by atoms with van der Waals surface area (Å²) in [5.41, 5.74) is 1.38. The molecule has 1 saturated heterocycles. The van der Waals surface area contributed by atoms with Crippen LogP contribution >= 0.6 is 0 Å². The molecular formula is C15H24N2O. The predicted octanol–water partition coefficient (Wildman–Crippen LogP) is 2.44. The number of nitrogens with zero attached hydrogens (tertiary/aromatic N) is 1. The fraction of sp³-hybridized carbons (Fsp3) is 0.600. The first-order chi connectivity index (χ1) is 8.76. The van der Waals surface area contributed by atoms with Crippen LogP contribution in [0.2, 0.25) is 0 Å². The van der Waals surface area contributed by atoms with Gasteiger partial charge in [-0.3, -0.25) is 4.90 Å². The Morgan fingerprint density at radius 2 is 2.11 bits per heavy atom. The smallest absolute Gasteiger partial charge is 0.118 e. The Kier molecular flexibility index (Phi) is 4.61. The molecule has 0 aromatic heterocycles. The molecule has 2 unspecified atom stereocenters. The third-order valence-electron chi connectivity index (χ3n) is 3.99. The van der Waals surface area contributed by atoms with Gasteiger partial charge in [-0.25, -0.2) is 0 Å². The van der Waals surface area contributed by atoms with E-state index in [1.54, 1.807) is 7.11 Å². The van der Waals surface area contributed by atoms with Crippen LogP contribution in [-0.4, -0.2) is 38.2 Å². The molecule has 2 rings (SSSR count). The van der Waals surface area contributed by atoms with Crippen LogP contribution in [0.3, 0.4) is 0 Å². The van der Waals surface area contributed by atoms with Crippen LogP contribution < -0.4 is 10.1 Å². The lowest BCUT2D eigenvalue weighted by atomic mass is 10.0. The summed E-state index contributed by atoms with van der Waals surface area (Å²) in [6, 6.07) is 9.65. The Hall–Kier alpha value is -1.06. The highest BCUT2D eigenvalue weighted by Gasteiger charge is 2.25. The van der Waals surface area contributed by atoms with Gasteiger partial charge in [0, 0.05) is 18.6 Å². The van der Waals surface area contributed by atoms with E-state index in [1.165, 1.54) is 12.0 Å². The summed E-state index contributed by atoms with van der Waals surface area (Å²) in [6.07, 6.45) is 2.39. The van der Waals surface area contributed by atoms with Crippen molar-refractivity contribution in [1.29, 1.82) is 0 Å². The first-order valence-corrected chi connectivity index (χ1v) is 6.82. The Bertz CT molecular complexity index is 357. The molecule has 0 bridgehead atoms. The Morgan fingerprint density at radius 1 is 1.39 bits per heavy atom. The normalized spacial score (nSPS) is 21.2. The fourth-order valence-electron chi connectivity index (χ4n) is 2.83. The van der Waals surface area contributed by atoms with Gasteiger partial charge in [-0.2, -0.15) is 0 Å². The second-order valence-electron chi connectivity index (χ2n) is 5.01. The first kappa shape index (κ1) is 13.4. The molecule has 100 valence electrons. The minimum absolute atomic E-state index is 0.501. The SMILES string of the molecule is CCC(c1ccc(OC)cc1)N(C)C1CCNC1. The largest absolute Gasteiger partial charge is 0.497 e. The van der Waals surface area contributed by atoms with Crippen molar-refractivity contribution in [3.8, 4) is 5.75 Å². The fourth-order valence-corrected chi connectivity index (χ4v) is 2.83. The maximum absolute atomic E-state index is 5.22. The van der Waals surface area contributed by atoms with Gasteiger partial charge in [0.05, 0.1) is 7.11 Å². The van der Waals surface area contributed by atoms with Gasteiger partial charge < -0.3 is 10.1 Å². The number of ether oxygens (including phenoxy) is 1. The number of rotatable bonds is 5. The molecule has 0 amide bonds. The van der Waals surface area contributed by atoms with Gasteiger partial charge in [0.2, 0.25) is 0 Å². The van der Waals surface area contributed by atoms with Crippen molar-refractivity contribution >= 4 is 0 Å². The maximum Gasteiger partial charge on any atom is 0.118 e. The Morgan fingerprint density at radius 3 is 2.61 bits per heavy atom. The van der Waals surface area contributed by atoms with Gasteiger partial charge in [-0.15, -0.1) is 0 Å². The minimum Gasteiger partial charge on any atom is -0.497 e. The number of nitrogens with one attached hydrogen (secondary N) is 1. The van der Waals surface area contributed by atoms with Crippen molar-refractivity contribution in [2.24, 2.45) is 0 Å². The summed E-state index contributed by atoms with van der Waals surface area (Å²) in [6.45, 7) is 4.52. The molecule has 1 aromatic rings. The third kappa shape index (κ3) is 2.85. The van der Waals surface area contributed by atoms with Crippen LogP contribution in [0.5, 0.6) is 5.75 Å². The third-order valence-corrected chi connectivity index (χ3v) is 3.99. The molecule has 1 aliphatic rings. The minimum atomic E-state index is 0.501. The molecule has 0 spiro atoms. The Balaban J connectivity index is 2.10. The van der Waals surface area contributed by atoms with Crippen LogP contribution in [0, 0.1) is 0 Å². The number of hydrogen-bond donors (Lipinski definition) is 1. The molecule has 2 atom stereocenters. The molecule has 1 fully saturated rings. The second kappa shape index (κ2) is 6.21. The summed E-state index contributed by atoms with van der Waals surface area (Å²) >= 11 is 0. The van der Waals surface area contributed by atoms with Crippen molar-refractivity contribution in [1.82, 2.24) is 10.2 Å². The summed E-state index contributed by atoms with van der Waals surface area (Å²) in [4.78, 5) is 2.52. The zero-order valence-electron chi connectivity index (χ0n) is 11.6. The van der Waals surface area contributed by atoms with Crippen LogP contribution in [0.4, 0.5) is 0 Å². The molecular weight excluding hydrogens is 224 g/mol. The zero-order chi connectivity index (χ0) is 13.0. The molecule has 1 aromatic carbocycles. The van der Waals surface area contributed by atoms with E-state index in [0.29, 0.717) is 12.1 Å². The number of likely N-dealkylation sites (N-methyl/N-ethyl adjacent to an activating group) is 1. The van der Waals surface area contributed by atoms with Crippen molar-refractivity contribution in [3.63, 3.8) is 0 Å². The first-order valence-electron chi connectivity index (χ1n) is 6.82. The number of hydrogen-bond acceptors (Lipinski definition) is 3. The zero-order valence-corrected chi connectivity index (χ0v) is 11.6. The highest BCUT2D eigenvalue weighted by Crippen LogP contribution is 2.27. The van der Waals surface area contributed by atoms with E-state index in [-0.39, 0.29) is 0 Å². The van der Waals surface area contributed by atoms with E-state index in [2.05, 4.69) is 48.5 Å². The summed E-state index contributed by atoms with van der Waals surface area (Å²) in [7, 11) is 3.96. The average Bonchev–Trinajstić information content (AvgIpc) is 2.94. The van der Waals surface area contributed by atoms with Gasteiger partial charge in [-0.1, -0.05) is 19.1 Å². The molecule has 0 radical (unpaired) electrons. The molecule has 1 aliphatic heterocycles. The lowest BCUT2D eigenvalue weighted by Gasteiger charge is -2.32. The monoisotopic (exact) mass is 248 g/mol. The quantitative estimate of drug-likeness (QED) is 0.866. The molecule has 0 aliphatic carbocycles. The van der Waals surface area contributed by atoms with E-state index >= 15 is 0 Å². The number of benzene rings is 1. The van der Waals surface area contributed by atoms with E-state index in [4.69, 9.17) is 4.74 Å². The van der Waals surface area contributed by atoms with Crippen molar-refractivity contribution in [2.45, 2.75) is 31.8 Å². The maximum atomic E-state index is 5.22. The molecule has 0 saturated carbocycles. The van der Waals surface area contributed by atoms with Gasteiger partial charge >= 0.3 is 0 Å². The Labute approximate surface area is 110 Å². The average molecular weight is 248 g/mol. The van der Waals surface area contributed by atoms with Gasteiger partial charge in [0.1, 0.15) is 5.75 Å². The lowest BCUT2D eigenvalue weighted by molar-refractivity contribution is 0.179. The van der Waals surface area contributed by atoms with Crippen molar-refractivity contribution in [2.75, 3.05) is 27.2 Å².